The molecule has 0 heterocycles. The van der Waals surface area contributed by atoms with Gasteiger partial charge in [0.25, 0.3) is 0 Å². The lowest BCUT2D eigenvalue weighted by Crippen LogP contribution is -2.39. The van der Waals surface area contributed by atoms with Gasteiger partial charge in [0, 0.05) is 24.5 Å². The summed E-state index contributed by atoms with van der Waals surface area (Å²) in [6, 6.07) is 11.5. The van der Waals surface area contributed by atoms with Crippen LogP contribution in [-0.2, 0) is 5.41 Å². The van der Waals surface area contributed by atoms with Crippen molar-refractivity contribution in [2.24, 2.45) is 0 Å². The van der Waals surface area contributed by atoms with Crippen LogP contribution in [-0.4, -0.2) is 38.1 Å². The van der Waals surface area contributed by atoms with Gasteiger partial charge in [0.1, 0.15) is 0 Å². The minimum Gasteiger partial charge on any atom is -0.312 e. The molecule has 2 nitrogen and oxygen atoms in total. The van der Waals surface area contributed by atoms with E-state index < -0.39 is 0 Å². The number of rotatable bonds is 6. The predicted molar refractivity (Wildman–Crippen MR) is 73.4 cm³/mol. The summed E-state index contributed by atoms with van der Waals surface area (Å²) in [4.78, 5) is 2.24. The molecule has 0 amide bonds. The van der Waals surface area contributed by atoms with Crippen LogP contribution in [0, 0.1) is 0 Å². The molecule has 17 heavy (non-hydrogen) atoms. The lowest BCUT2D eigenvalue weighted by molar-refractivity contribution is 0.343. The minimum absolute atomic E-state index is 0.432. The average Bonchev–Trinajstić information content (AvgIpc) is 3.08. The van der Waals surface area contributed by atoms with Gasteiger partial charge in [-0.3, -0.25) is 0 Å². The summed E-state index contributed by atoms with van der Waals surface area (Å²) in [5.74, 6) is 0. The molecule has 2 rings (SSSR count). The van der Waals surface area contributed by atoms with Gasteiger partial charge in [0.15, 0.2) is 0 Å². The number of hydrogen-bond acceptors (Lipinski definition) is 2. The third-order valence-corrected chi connectivity index (χ3v) is 3.67. The number of nitrogens with zero attached hydrogens (tertiary/aromatic N) is 1. The highest BCUT2D eigenvalue weighted by atomic mass is 15.1. The lowest BCUT2D eigenvalue weighted by Gasteiger charge is -2.22. The molecule has 1 N–H and O–H groups in total. The predicted octanol–water partition coefficient (Wildman–Crippen LogP) is 2.26. The molecular formula is C15H24N2. The van der Waals surface area contributed by atoms with Gasteiger partial charge in [0.05, 0.1) is 0 Å². The highest BCUT2D eigenvalue weighted by Crippen LogP contribution is 2.47. The first-order chi connectivity index (χ1) is 8.12. The molecule has 2 heteroatoms. The van der Waals surface area contributed by atoms with Crippen LogP contribution in [0.2, 0.25) is 0 Å². The van der Waals surface area contributed by atoms with Crippen molar-refractivity contribution in [1.29, 1.82) is 0 Å². The zero-order chi connectivity index (χ0) is 12.3. The van der Waals surface area contributed by atoms with E-state index >= 15 is 0 Å². The lowest BCUT2D eigenvalue weighted by atomic mass is 9.96. The van der Waals surface area contributed by atoms with E-state index in [1.165, 1.54) is 18.4 Å². The van der Waals surface area contributed by atoms with E-state index in [-0.39, 0.29) is 0 Å². The SMILES string of the molecule is CC(CN(C)C)NCC1(c2ccccc2)CC1. The van der Waals surface area contributed by atoms with E-state index in [9.17, 15) is 0 Å². The molecule has 1 aliphatic carbocycles. The highest BCUT2D eigenvalue weighted by Gasteiger charge is 2.43. The molecule has 0 spiro atoms. The fourth-order valence-electron chi connectivity index (χ4n) is 2.49. The van der Waals surface area contributed by atoms with Crippen LogP contribution in [0.5, 0.6) is 0 Å². The fraction of sp³-hybridized carbons (Fsp3) is 0.600. The van der Waals surface area contributed by atoms with Crippen LogP contribution in [0.3, 0.4) is 0 Å². The van der Waals surface area contributed by atoms with Crippen LogP contribution < -0.4 is 5.32 Å². The zero-order valence-electron chi connectivity index (χ0n) is 11.2. The molecular weight excluding hydrogens is 208 g/mol. The maximum absolute atomic E-state index is 3.67. The molecule has 0 radical (unpaired) electrons. The number of hydrogen-bond donors (Lipinski definition) is 1. The van der Waals surface area contributed by atoms with Crippen molar-refractivity contribution in [3.8, 4) is 0 Å². The molecule has 1 aromatic carbocycles. The first-order valence-corrected chi connectivity index (χ1v) is 6.56. The first-order valence-electron chi connectivity index (χ1n) is 6.56. The first kappa shape index (κ1) is 12.6. The van der Waals surface area contributed by atoms with Gasteiger partial charge in [-0.05, 0) is 39.4 Å². The maximum Gasteiger partial charge on any atom is 0.0166 e. The molecule has 0 aromatic heterocycles. The van der Waals surface area contributed by atoms with Gasteiger partial charge in [-0.2, -0.15) is 0 Å². The van der Waals surface area contributed by atoms with Crippen molar-refractivity contribution >= 4 is 0 Å². The van der Waals surface area contributed by atoms with E-state index in [0.717, 1.165) is 13.1 Å². The largest absolute Gasteiger partial charge is 0.312 e. The average molecular weight is 232 g/mol. The molecule has 94 valence electrons. The second-order valence-electron chi connectivity index (χ2n) is 5.69. The standard InChI is InChI=1S/C15H24N2/c1-13(11-17(2)3)16-12-15(9-10-15)14-7-5-4-6-8-14/h4-8,13,16H,9-12H2,1-3H3. The van der Waals surface area contributed by atoms with Crippen molar-refractivity contribution in [3.63, 3.8) is 0 Å². The maximum atomic E-state index is 3.67. The summed E-state index contributed by atoms with van der Waals surface area (Å²) < 4.78 is 0. The smallest absolute Gasteiger partial charge is 0.0166 e. The normalized spacial score (nSPS) is 19.3. The molecule has 0 aliphatic heterocycles. The summed E-state index contributed by atoms with van der Waals surface area (Å²) in [7, 11) is 4.25. The van der Waals surface area contributed by atoms with Crippen molar-refractivity contribution in [2.75, 3.05) is 27.2 Å². The fourth-order valence-corrected chi connectivity index (χ4v) is 2.49. The van der Waals surface area contributed by atoms with E-state index in [1.807, 2.05) is 0 Å². The molecule has 1 atom stereocenters. The van der Waals surface area contributed by atoms with Crippen molar-refractivity contribution in [3.05, 3.63) is 35.9 Å². The topological polar surface area (TPSA) is 15.3 Å². The van der Waals surface area contributed by atoms with Gasteiger partial charge in [0.2, 0.25) is 0 Å². The number of nitrogens with one attached hydrogen (secondary N) is 1. The third kappa shape index (κ3) is 3.30. The summed E-state index contributed by atoms with van der Waals surface area (Å²) in [5.41, 5.74) is 1.94. The Balaban J connectivity index is 1.87. The van der Waals surface area contributed by atoms with Crippen molar-refractivity contribution < 1.29 is 0 Å². The molecule has 1 aliphatic rings. The van der Waals surface area contributed by atoms with Gasteiger partial charge in [-0.25, -0.2) is 0 Å². The Labute approximate surface area is 105 Å². The molecule has 1 aromatic rings. The van der Waals surface area contributed by atoms with Crippen LogP contribution in [0.4, 0.5) is 0 Å². The van der Waals surface area contributed by atoms with Gasteiger partial charge in [-0.15, -0.1) is 0 Å². The summed E-state index contributed by atoms with van der Waals surface area (Å²) in [5, 5.41) is 3.67. The third-order valence-electron chi connectivity index (χ3n) is 3.67. The van der Waals surface area contributed by atoms with E-state index in [1.54, 1.807) is 0 Å². The Morgan fingerprint density at radius 1 is 1.24 bits per heavy atom. The Kier molecular flexibility index (Phi) is 3.85. The Morgan fingerprint density at radius 2 is 1.88 bits per heavy atom. The monoisotopic (exact) mass is 232 g/mol. The second-order valence-corrected chi connectivity index (χ2v) is 5.69. The highest BCUT2D eigenvalue weighted by molar-refractivity contribution is 5.31. The van der Waals surface area contributed by atoms with Crippen LogP contribution >= 0.6 is 0 Å². The van der Waals surface area contributed by atoms with E-state index in [0.29, 0.717) is 11.5 Å². The summed E-state index contributed by atoms with van der Waals surface area (Å²) >= 11 is 0. The molecule has 1 saturated carbocycles. The van der Waals surface area contributed by atoms with E-state index in [2.05, 4.69) is 61.6 Å². The van der Waals surface area contributed by atoms with Crippen LogP contribution in [0.1, 0.15) is 25.3 Å². The van der Waals surface area contributed by atoms with Crippen molar-refractivity contribution in [2.45, 2.75) is 31.2 Å². The van der Waals surface area contributed by atoms with Crippen LogP contribution in [0.15, 0.2) is 30.3 Å². The quantitative estimate of drug-likeness (QED) is 0.809. The van der Waals surface area contributed by atoms with Gasteiger partial charge in [-0.1, -0.05) is 30.3 Å². The van der Waals surface area contributed by atoms with Crippen LogP contribution in [0.25, 0.3) is 0 Å². The van der Waals surface area contributed by atoms with E-state index in [4.69, 9.17) is 0 Å². The zero-order valence-corrected chi connectivity index (χ0v) is 11.2. The summed E-state index contributed by atoms with van der Waals surface area (Å²) in [6.07, 6.45) is 2.66. The number of likely N-dealkylation sites (N-methyl/N-ethyl adjacent to an activating group) is 1. The second kappa shape index (κ2) is 5.19. The molecule has 0 bridgehead atoms. The molecule has 1 fully saturated rings. The van der Waals surface area contributed by atoms with Crippen molar-refractivity contribution in [1.82, 2.24) is 10.2 Å². The Morgan fingerprint density at radius 3 is 2.41 bits per heavy atom. The number of benzene rings is 1. The van der Waals surface area contributed by atoms with Gasteiger partial charge >= 0.3 is 0 Å². The van der Waals surface area contributed by atoms with Gasteiger partial charge < -0.3 is 10.2 Å². The molecule has 1 unspecified atom stereocenters. The minimum atomic E-state index is 0.432. The summed E-state index contributed by atoms with van der Waals surface area (Å²) in [6.45, 7) is 4.48. The Hall–Kier alpha value is -0.860. The Bertz CT molecular complexity index is 341. The molecule has 0 saturated heterocycles.